The molecule has 106 valence electrons. The maximum Gasteiger partial charge on any atom is 0.416 e. The van der Waals surface area contributed by atoms with E-state index in [9.17, 15) is 18.3 Å². The number of hydrogen-bond donors (Lipinski definition) is 2. The molecule has 0 saturated carbocycles. The van der Waals surface area contributed by atoms with Crippen molar-refractivity contribution < 1.29 is 18.3 Å². The summed E-state index contributed by atoms with van der Waals surface area (Å²) in [4.78, 5) is 5.82. The smallest absolute Gasteiger partial charge is 0.391 e. The van der Waals surface area contributed by atoms with E-state index in [1.807, 2.05) is 0 Å². The first kappa shape index (κ1) is 13.9. The van der Waals surface area contributed by atoms with E-state index in [0.29, 0.717) is 26.1 Å². The van der Waals surface area contributed by atoms with E-state index in [-0.39, 0.29) is 11.6 Å². The number of aromatic nitrogens is 1. The average molecular weight is 275 g/mol. The molecule has 0 aromatic carbocycles. The number of β-amino-alcohol motifs (C(OH)–C–C–N with tert-alkyl or cyclic N) is 1. The Balaban J connectivity index is 2.34. The van der Waals surface area contributed by atoms with Crippen LogP contribution in [0, 0.1) is 0 Å². The second-order valence-electron chi connectivity index (χ2n) is 4.52. The topological polar surface area (TPSA) is 48.4 Å². The standard InChI is InChI=1S/C12H16F3N3O/c1-2-16-10-5-8(12(13,14)15)6-11(17-10)18-4-3-9(19)7-18/h5-6,9,19H,2-4,7H2,1H3,(H,16,17). The molecule has 7 heteroatoms. The van der Waals surface area contributed by atoms with Crippen LogP contribution in [0.5, 0.6) is 0 Å². The number of aliphatic hydroxyl groups excluding tert-OH is 1. The van der Waals surface area contributed by atoms with Gasteiger partial charge in [-0.1, -0.05) is 0 Å². The monoisotopic (exact) mass is 275 g/mol. The Hall–Kier alpha value is -1.50. The van der Waals surface area contributed by atoms with Gasteiger partial charge in [-0.3, -0.25) is 0 Å². The predicted octanol–water partition coefficient (Wildman–Crippen LogP) is 2.10. The lowest BCUT2D eigenvalue weighted by atomic mass is 10.2. The highest BCUT2D eigenvalue weighted by molar-refractivity contribution is 5.52. The fraction of sp³-hybridized carbons (Fsp3) is 0.583. The van der Waals surface area contributed by atoms with E-state index in [2.05, 4.69) is 10.3 Å². The van der Waals surface area contributed by atoms with Crippen molar-refractivity contribution in [2.24, 2.45) is 0 Å². The summed E-state index contributed by atoms with van der Waals surface area (Å²) < 4.78 is 38.5. The van der Waals surface area contributed by atoms with Crippen molar-refractivity contribution >= 4 is 11.6 Å². The second kappa shape index (κ2) is 5.24. The van der Waals surface area contributed by atoms with Gasteiger partial charge in [0.05, 0.1) is 11.7 Å². The molecule has 2 heterocycles. The van der Waals surface area contributed by atoms with Crippen molar-refractivity contribution in [1.29, 1.82) is 0 Å². The molecule has 2 rings (SSSR count). The zero-order valence-electron chi connectivity index (χ0n) is 10.5. The van der Waals surface area contributed by atoms with Crippen molar-refractivity contribution in [3.63, 3.8) is 0 Å². The third-order valence-corrected chi connectivity index (χ3v) is 2.98. The molecule has 1 saturated heterocycles. The Bertz CT molecular complexity index is 450. The fourth-order valence-electron chi connectivity index (χ4n) is 2.06. The van der Waals surface area contributed by atoms with Crippen LogP contribution in [-0.2, 0) is 6.18 Å². The molecular formula is C12H16F3N3O. The lowest BCUT2D eigenvalue weighted by Gasteiger charge is -2.19. The van der Waals surface area contributed by atoms with Gasteiger partial charge in [-0.2, -0.15) is 13.2 Å². The summed E-state index contributed by atoms with van der Waals surface area (Å²) in [6.45, 7) is 3.12. The molecule has 1 aromatic rings. The second-order valence-corrected chi connectivity index (χ2v) is 4.52. The molecular weight excluding hydrogens is 259 g/mol. The van der Waals surface area contributed by atoms with Crippen LogP contribution < -0.4 is 10.2 Å². The summed E-state index contributed by atoms with van der Waals surface area (Å²) >= 11 is 0. The van der Waals surface area contributed by atoms with E-state index in [1.54, 1.807) is 11.8 Å². The van der Waals surface area contributed by atoms with Crippen molar-refractivity contribution in [3.05, 3.63) is 17.7 Å². The van der Waals surface area contributed by atoms with Crippen molar-refractivity contribution in [3.8, 4) is 0 Å². The van der Waals surface area contributed by atoms with E-state index >= 15 is 0 Å². The number of rotatable bonds is 3. The molecule has 1 atom stereocenters. The van der Waals surface area contributed by atoms with E-state index < -0.39 is 17.8 Å². The van der Waals surface area contributed by atoms with Gasteiger partial charge >= 0.3 is 6.18 Å². The highest BCUT2D eigenvalue weighted by Gasteiger charge is 2.33. The largest absolute Gasteiger partial charge is 0.416 e. The first-order chi connectivity index (χ1) is 8.90. The normalized spacial score (nSPS) is 19.8. The minimum absolute atomic E-state index is 0.203. The van der Waals surface area contributed by atoms with Gasteiger partial charge in [0.25, 0.3) is 0 Å². The molecule has 1 fully saturated rings. The van der Waals surface area contributed by atoms with Crippen molar-refractivity contribution in [1.82, 2.24) is 4.98 Å². The number of alkyl halides is 3. The number of nitrogens with zero attached hydrogens (tertiary/aromatic N) is 2. The summed E-state index contributed by atoms with van der Waals surface area (Å²) in [6, 6.07) is 2.03. The molecule has 0 amide bonds. The molecule has 1 aromatic heterocycles. The first-order valence-electron chi connectivity index (χ1n) is 6.16. The zero-order chi connectivity index (χ0) is 14.0. The number of hydrogen-bond acceptors (Lipinski definition) is 4. The Kier molecular flexibility index (Phi) is 3.84. The Morgan fingerprint density at radius 1 is 1.47 bits per heavy atom. The number of halogens is 3. The number of pyridine rings is 1. The van der Waals surface area contributed by atoms with Gasteiger partial charge in [0.1, 0.15) is 11.6 Å². The third kappa shape index (κ3) is 3.28. The quantitative estimate of drug-likeness (QED) is 0.887. The van der Waals surface area contributed by atoms with Gasteiger partial charge in [0.15, 0.2) is 0 Å². The lowest BCUT2D eigenvalue weighted by Crippen LogP contribution is -2.23. The SMILES string of the molecule is CCNc1cc(C(F)(F)F)cc(N2CCC(O)C2)n1. The number of nitrogens with one attached hydrogen (secondary N) is 1. The average Bonchev–Trinajstić information content (AvgIpc) is 2.75. The molecule has 0 bridgehead atoms. The maximum absolute atomic E-state index is 12.8. The molecule has 0 spiro atoms. The van der Waals surface area contributed by atoms with Gasteiger partial charge in [0, 0.05) is 19.6 Å². The highest BCUT2D eigenvalue weighted by Crippen LogP contribution is 2.33. The van der Waals surface area contributed by atoms with Gasteiger partial charge in [-0.15, -0.1) is 0 Å². The highest BCUT2D eigenvalue weighted by atomic mass is 19.4. The van der Waals surface area contributed by atoms with Gasteiger partial charge in [-0.05, 0) is 25.5 Å². The van der Waals surface area contributed by atoms with Crippen LogP contribution in [0.3, 0.4) is 0 Å². The molecule has 19 heavy (non-hydrogen) atoms. The minimum atomic E-state index is -4.40. The Labute approximate surface area is 109 Å². The van der Waals surface area contributed by atoms with Gasteiger partial charge in [-0.25, -0.2) is 4.98 Å². The summed E-state index contributed by atoms with van der Waals surface area (Å²) in [5.74, 6) is 0.455. The van der Waals surface area contributed by atoms with Crippen LogP contribution in [0.4, 0.5) is 24.8 Å². The molecule has 1 aliphatic heterocycles. The Morgan fingerprint density at radius 2 is 2.21 bits per heavy atom. The van der Waals surface area contributed by atoms with E-state index in [1.165, 1.54) is 0 Å². The minimum Gasteiger partial charge on any atom is -0.391 e. The van der Waals surface area contributed by atoms with Crippen LogP contribution in [0.15, 0.2) is 12.1 Å². The summed E-state index contributed by atoms with van der Waals surface area (Å²) in [7, 11) is 0. The van der Waals surface area contributed by atoms with Crippen LogP contribution in [0.1, 0.15) is 18.9 Å². The fourth-order valence-corrected chi connectivity index (χ4v) is 2.06. The van der Waals surface area contributed by atoms with Crippen molar-refractivity contribution in [2.45, 2.75) is 25.6 Å². The maximum atomic E-state index is 12.8. The van der Waals surface area contributed by atoms with Crippen LogP contribution in [0.25, 0.3) is 0 Å². The summed E-state index contributed by atoms with van der Waals surface area (Å²) in [5.41, 5.74) is -0.727. The van der Waals surface area contributed by atoms with Crippen LogP contribution in [-0.4, -0.2) is 35.8 Å². The van der Waals surface area contributed by atoms with E-state index in [0.717, 1.165) is 12.1 Å². The summed E-state index contributed by atoms with van der Waals surface area (Å²) in [5, 5.41) is 12.3. The molecule has 0 radical (unpaired) electrons. The van der Waals surface area contributed by atoms with Gasteiger partial charge in [0.2, 0.25) is 0 Å². The Morgan fingerprint density at radius 3 is 2.74 bits per heavy atom. The van der Waals surface area contributed by atoms with E-state index in [4.69, 9.17) is 0 Å². The molecule has 2 N–H and O–H groups in total. The summed E-state index contributed by atoms with van der Waals surface area (Å²) in [6.07, 6.45) is -4.35. The molecule has 1 aliphatic rings. The predicted molar refractivity (Wildman–Crippen MR) is 66.2 cm³/mol. The first-order valence-corrected chi connectivity index (χ1v) is 6.16. The molecule has 1 unspecified atom stereocenters. The van der Waals surface area contributed by atoms with Gasteiger partial charge < -0.3 is 15.3 Å². The van der Waals surface area contributed by atoms with Crippen LogP contribution in [0.2, 0.25) is 0 Å². The number of aliphatic hydroxyl groups is 1. The molecule has 0 aliphatic carbocycles. The zero-order valence-corrected chi connectivity index (χ0v) is 10.5. The lowest BCUT2D eigenvalue weighted by molar-refractivity contribution is -0.137. The van der Waals surface area contributed by atoms with Crippen LogP contribution >= 0.6 is 0 Å². The number of anilines is 2. The van der Waals surface area contributed by atoms with Crippen molar-refractivity contribution in [2.75, 3.05) is 29.9 Å². The molecule has 4 nitrogen and oxygen atoms in total. The third-order valence-electron chi connectivity index (χ3n) is 2.98.